The van der Waals surface area contributed by atoms with E-state index in [0.29, 0.717) is 34.9 Å². The normalized spacial score (nSPS) is 11.4. The molecule has 0 radical (unpaired) electrons. The first kappa shape index (κ1) is 31.5. The van der Waals surface area contributed by atoms with E-state index in [4.69, 9.17) is 0 Å². The van der Waals surface area contributed by atoms with Crippen LogP contribution in [0.1, 0.15) is 18.1 Å². The number of pyridine rings is 1. The molecule has 0 spiro atoms. The third-order valence-electron chi connectivity index (χ3n) is 7.40. The molecule has 0 unspecified atom stereocenters. The van der Waals surface area contributed by atoms with Gasteiger partial charge in [-0.25, -0.2) is 32.6 Å². The van der Waals surface area contributed by atoms with Crippen LogP contribution in [0.4, 0.5) is 19.3 Å². The van der Waals surface area contributed by atoms with Crippen molar-refractivity contribution in [3.63, 3.8) is 0 Å². The molecule has 0 saturated heterocycles. The topological polar surface area (TPSA) is 119 Å². The maximum atomic E-state index is 15.0. The molecule has 0 fully saturated rings. The number of urea groups is 1. The molecule has 240 valence electrons. The molecule has 14 heteroatoms. The van der Waals surface area contributed by atoms with Gasteiger partial charge in [-0.05, 0) is 74.6 Å². The Hall–Kier alpha value is -5.47. The number of hydrogen-bond acceptors (Lipinski definition) is 7. The van der Waals surface area contributed by atoms with Crippen LogP contribution in [0.3, 0.4) is 0 Å². The molecule has 6 rings (SSSR count). The highest BCUT2D eigenvalue weighted by Gasteiger charge is 2.25. The summed E-state index contributed by atoms with van der Waals surface area (Å²) in [7, 11) is 3.71. The standard InChI is InChI=1S/C33H30F2N8O3S/c1-4-36-32(45)39-21-11-9-20(10-12-21)29-24(18-40(2)3)28-30(44)43(27-14-13-22(17-37-27)42-16-6-15-38-42)33(46)41(31(28)47-29)19-23-25(34)7-5-8-26(23)35/h5-17H,4,18-19H2,1-3H3,(H2,36,39,45). The summed E-state index contributed by atoms with van der Waals surface area (Å²) in [4.78, 5) is 47.9. The average molecular weight is 657 g/mol. The molecule has 2 aromatic carbocycles. The van der Waals surface area contributed by atoms with Crippen LogP contribution in [-0.2, 0) is 13.1 Å². The van der Waals surface area contributed by atoms with Crippen LogP contribution in [0.25, 0.3) is 32.2 Å². The summed E-state index contributed by atoms with van der Waals surface area (Å²) in [5, 5.41) is 9.86. The Morgan fingerprint density at radius 2 is 1.72 bits per heavy atom. The van der Waals surface area contributed by atoms with Crippen molar-refractivity contribution in [3.05, 3.63) is 123 Å². The van der Waals surface area contributed by atoms with Crippen LogP contribution >= 0.6 is 11.3 Å². The van der Waals surface area contributed by atoms with Crippen LogP contribution in [0.2, 0.25) is 0 Å². The van der Waals surface area contributed by atoms with E-state index >= 15 is 0 Å². The predicted octanol–water partition coefficient (Wildman–Crippen LogP) is 4.99. The van der Waals surface area contributed by atoms with E-state index in [1.807, 2.05) is 25.9 Å². The van der Waals surface area contributed by atoms with E-state index in [-0.39, 0.29) is 27.6 Å². The van der Waals surface area contributed by atoms with E-state index in [9.17, 15) is 23.2 Å². The number of thiophene rings is 1. The van der Waals surface area contributed by atoms with Crippen LogP contribution in [0, 0.1) is 11.6 Å². The highest BCUT2D eigenvalue weighted by atomic mass is 32.1. The zero-order chi connectivity index (χ0) is 33.2. The molecule has 47 heavy (non-hydrogen) atoms. The Kier molecular flexibility index (Phi) is 8.78. The number of amides is 2. The second-order valence-electron chi connectivity index (χ2n) is 10.9. The number of fused-ring (bicyclic) bond motifs is 1. The molecule has 11 nitrogen and oxygen atoms in total. The second kappa shape index (κ2) is 13.1. The first-order chi connectivity index (χ1) is 22.7. The molecule has 6 aromatic rings. The smallest absolute Gasteiger partial charge is 0.338 e. The van der Waals surface area contributed by atoms with Gasteiger partial charge in [-0.15, -0.1) is 11.3 Å². The van der Waals surface area contributed by atoms with Gasteiger partial charge < -0.3 is 15.5 Å². The lowest BCUT2D eigenvalue weighted by Crippen LogP contribution is -2.39. The SMILES string of the molecule is CCNC(=O)Nc1ccc(-c2sc3c(c2CN(C)C)c(=O)n(-c2ccc(-n4cccn4)cn2)c(=O)n3Cc2c(F)cccc2F)cc1. The molecule has 0 aliphatic carbocycles. The molecule has 0 atom stereocenters. The lowest BCUT2D eigenvalue weighted by atomic mass is 10.1. The van der Waals surface area contributed by atoms with Gasteiger partial charge in [0.2, 0.25) is 0 Å². The summed E-state index contributed by atoms with van der Waals surface area (Å²) in [6, 6.07) is 15.2. The molecule has 0 bridgehead atoms. The van der Waals surface area contributed by atoms with Gasteiger partial charge in [0.05, 0.1) is 23.8 Å². The van der Waals surface area contributed by atoms with Crippen LogP contribution in [0.5, 0.6) is 0 Å². The molecule has 4 heterocycles. The second-order valence-corrected chi connectivity index (χ2v) is 11.9. The van der Waals surface area contributed by atoms with E-state index in [0.717, 1.165) is 22.3 Å². The zero-order valence-electron chi connectivity index (χ0n) is 25.7. The monoisotopic (exact) mass is 656 g/mol. The maximum Gasteiger partial charge on any atom is 0.338 e. The van der Waals surface area contributed by atoms with E-state index < -0.39 is 29.4 Å². The van der Waals surface area contributed by atoms with Crippen molar-refractivity contribution in [1.29, 1.82) is 0 Å². The van der Waals surface area contributed by atoms with Crippen molar-refractivity contribution in [2.75, 3.05) is 26.0 Å². The Morgan fingerprint density at radius 1 is 0.979 bits per heavy atom. The Labute approximate surface area is 271 Å². The van der Waals surface area contributed by atoms with Gasteiger partial charge in [-0.2, -0.15) is 5.10 Å². The van der Waals surface area contributed by atoms with E-state index in [2.05, 4.69) is 20.7 Å². The number of aromatic nitrogens is 5. The summed E-state index contributed by atoms with van der Waals surface area (Å²) in [5.74, 6) is -1.58. The van der Waals surface area contributed by atoms with Crippen molar-refractivity contribution in [1.82, 2.24) is 34.1 Å². The number of rotatable bonds is 9. The minimum absolute atomic E-state index is 0.0462. The van der Waals surface area contributed by atoms with Gasteiger partial charge >= 0.3 is 11.7 Å². The van der Waals surface area contributed by atoms with Gasteiger partial charge in [0, 0.05) is 41.6 Å². The number of benzene rings is 2. The summed E-state index contributed by atoms with van der Waals surface area (Å²) >= 11 is 1.18. The van der Waals surface area contributed by atoms with Crippen LogP contribution in [-0.4, -0.2) is 55.5 Å². The lowest BCUT2D eigenvalue weighted by Gasteiger charge is -2.15. The maximum absolute atomic E-state index is 15.0. The molecule has 0 saturated carbocycles. The number of nitrogens with one attached hydrogen (secondary N) is 2. The Balaban J connectivity index is 1.59. The van der Waals surface area contributed by atoms with Gasteiger partial charge in [-0.1, -0.05) is 18.2 Å². The fourth-order valence-electron chi connectivity index (χ4n) is 5.26. The van der Waals surface area contributed by atoms with Crippen molar-refractivity contribution < 1.29 is 13.6 Å². The van der Waals surface area contributed by atoms with Crippen molar-refractivity contribution >= 4 is 33.3 Å². The Morgan fingerprint density at radius 3 is 2.34 bits per heavy atom. The van der Waals surface area contributed by atoms with Crippen molar-refractivity contribution in [2.45, 2.75) is 20.0 Å². The summed E-state index contributed by atoms with van der Waals surface area (Å²) in [5.41, 5.74) is 0.820. The highest BCUT2D eigenvalue weighted by molar-refractivity contribution is 7.22. The molecule has 4 aromatic heterocycles. The fourth-order valence-corrected chi connectivity index (χ4v) is 6.56. The molecular weight excluding hydrogens is 626 g/mol. The molecular formula is C33H30F2N8O3S. The molecule has 2 amide bonds. The molecule has 0 aliphatic heterocycles. The first-order valence-corrected chi connectivity index (χ1v) is 15.5. The minimum atomic E-state index is -0.815. The minimum Gasteiger partial charge on any atom is -0.338 e. The van der Waals surface area contributed by atoms with E-state index in [1.165, 1.54) is 34.2 Å². The number of hydrogen-bond donors (Lipinski definition) is 2. The summed E-state index contributed by atoms with van der Waals surface area (Å²) in [6.45, 7) is 2.15. The molecule has 0 aliphatic rings. The highest BCUT2D eigenvalue weighted by Crippen LogP contribution is 2.38. The lowest BCUT2D eigenvalue weighted by molar-refractivity contribution is 0.252. The van der Waals surface area contributed by atoms with Gasteiger partial charge in [0.15, 0.2) is 0 Å². The van der Waals surface area contributed by atoms with Crippen LogP contribution in [0.15, 0.2) is 88.8 Å². The molecule has 2 N–H and O–H groups in total. The number of carbonyl (C=O) groups is 1. The van der Waals surface area contributed by atoms with Gasteiger partial charge in [0.1, 0.15) is 22.3 Å². The fraction of sp³-hybridized carbons (Fsp3) is 0.182. The predicted molar refractivity (Wildman–Crippen MR) is 178 cm³/mol. The largest absolute Gasteiger partial charge is 0.338 e. The number of nitrogens with zero attached hydrogens (tertiary/aromatic N) is 6. The van der Waals surface area contributed by atoms with Crippen molar-refractivity contribution in [2.24, 2.45) is 0 Å². The number of anilines is 1. The zero-order valence-corrected chi connectivity index (χ0v) is 26.5. The average Bonchev–Trinajstić information content (AvgIpc) is 3.71. The van der Waals surface area contributed by atoms with E-state index in [1.54, 1.807) is 53.5 Å². The first-order valence-electron chi connectivity index (χ1n) is 14.7. The number of halogens is 2. The number of carbonyl (C=O) groups excluding carboxylic acids is 1. The third-order valence-corrected chi connectivity index (χ3v) is 8.70. The Bertz CT molecular complexity index is 2170. The van der Waals surface area contributed by atoms with Crippen LogP contribution < -0.4 is 21.9 Å². The van der Waals surface area contributed by atoms with Crippen molar-refractivity contribution in [3.8, 4) is 21.9 Å². The third kappa shape index (κ3) is 6.20. The summed E-state index contributed by atoms with van der Waals surface area (Å²) < 4.78 is 33.7. The quantitative estimate of drug-likeness (QED) is 0.226. The summed E-state index contributed by atoms with van der Waals surface area (Å²) in [6.07, 6.45) is 4.82. The van der Waals surface area contributed by atoms with Gasteiger partial charge in [0.25, 0.3) is 5.56 Å². The van der Waals surface area contributed by atoms with Gasteiger partial charge in [-0.3, -0.25) is 9.36 Å².